The van der Waals surface area contributed by atoms with Gasteiger partial charge in [-0.1, -0.05) is 17.7 Å². The molecule has 1 amide bonds. The van der Waals surface area contributed by atoms with Crippen LogP contribution in [0.5, 0.6) is 0 Å². The van der Waals surface area contributed by atoms with E-state index >= 15 is 0 Å². The van der Waals surface area contributed by atoms with Gasteiger partial charge in [0.25, 0.3) is 5.91 Å². The molecular weight excluding hydrogens is 310 g/mol. The maximum Gasteiger partial charge on any atom is 0.271 e. The molecule has 0 radical (unpaired) electrons. The van der Waals surface area contributed by atoms with Crippen LogP contribution in [-0.4, -0.2) is 44.0 Å². The molecule has 112 valence electrons. The molecule has 21 heavy (non-hydrogen) atoms. The summed E-state index contributed by atoms with van der Waals surface area (Å²) in [7, 11) is 0. The van der Waals surface area contributed by atoms with Crippen LogP contribution < -0.4 is 5.32 Å². The Balaban J connectivity index is 1.76. The highest BCUT2D eigenvalue weighted by Gasteiger charge is 2.30. The van der Waals surface area contributed by atoms with Gasteiger partial charge >= 0.3 is 0 Å². The van der Waals surface area contributed by atoms with Crippen LogP contribution in [0.25, 0.3) is 5.65 Å². The largest absolute Gasteiger partial charge is 0.388 e. The van der Waals surface area contributed by atoms with Crippen LogP contribution in [0.15, 0.2) is 24.4 Å². The van der Waals surface area contributed by atoms with E-state index in [-0.39, 0.29) is 17.6 Å². The normalized spacial score (nSPS) is 17.8. The SMILES string of the molecule is O=C(NCC1(O)CCSCC1)c1c(Cl)nc2ccccn12. The second-order valence-electron chi connectivity index (χ2n) is 5.20. The second-order valence-corrected chi connectivity index (χ2v) is 6.78. The summed E-state index contributed by atoms with van der Waals surface area (Å²) in [5.74, 6) is 1.52. The molecule has 1 saturated heterocycles. The molecule has 3 heterocycles. The van der Waals surface area contributed by atoms with Gasteiger partial charge in [-0.15, -0.1) is 0 Å². The molecule has 3 rings (SSSR count). The van der Waals surface area contributed by atoms with E-state index in [1.165, 1.54) is 0 Å². The number of aliphatic hydroxyl groups is 1. The number of nitrogens with one attached hydrogen (secondary N) is 1. The van der Waals surface area contributed by atoms with Crippen molar-refractivity contribution in [3.63, 3.8) is 0 Å². The molecule has 7 heteroatoms. The maximum atomic E-state index is 12.4. The minimum Gasteiger partial charge on any atom is -0.388 e. The number of rotatable bonds is 3. The molecule has 2 aromatic rings. The average Bonchev–Trinajstić information content (AvgIpc) is 2.81. The topological polar surface area (TPSA) is 66.6 Å². The molecule has 0 aliphatic carbocycles. The van der Waals surface area contributed by atoms with Crippen LogP contribution in [0.4, 0.5) is 0 Å². The molecule has 0 bridgehead atoms. The summed E-state index contributed by atoms with van der Waals surface area (Å²) in [5.41, 5.74) is 0.120. The highest BCUT2D eigenvalue weighted by atomic mass is 35.5. The lowest BCUT2D eigenvalue weighted by Crippen LogP contribution is -2.45. The van der Waals surface area contributed by atoms with Crippen molar-refractivity contribution in [1.29, 1.82) is 0 Å². The Morgan fingerprint density at radius 3 is 3.00 bits per heavy atom. The Kier molecular flexibility index (Phi) is 4.10. The molecule has 1 aliphatic rings. The monoisotopic (exact) mass is 325 g/mol. The van der Waals surface area contributed by atoms with Crippen molar-refractivity contribution >= 4 is 34.9 Å². The minimum atomic E-state index is -0.812. The Bertz CT molecular complexity index is 667. The third-order valence-corrected chi connectivity index (χ3v) is 4.95. The third kappa shape index (κ3) is 3.02. The summed E-state index contributed by atoms with van der Waals surface area (Å²) in [6.45, 7) is 0.239. The van der Waals surface area contributed by atoms with Crippen LogP contribution in [-0.2, 0) is 0 Å². The summed E-state index contributed by atoms with van der Waals surface area (Å²) >= 11 is 7.89. The van der Waals surface area contributed by atoms with E-state index in [4.69, 9.17) is 11.6 Å². The zero-order chi connectivity index (χ0) is 14.9. The third-order valence-electron chi connectivity index (χ3n) is 3.70. The number of halogens is 1. The van der Waals surface area contributed by atoms with Gasteiger partial charge in [0, 0.05) is 12.7 Å². The number of aromatic nitrogens is 2. The molecule has 1 aliphatic heterocycles. The molecule has 0 atom stereocenters. The maximum absolute atomic E-state index is 12.4. The Labute approximate surface area is 131 Å². The minimum absolute atomic E-state index is 0.171. The highest BCUT2D eigenvalue weighted by molar-refractivity contribution is 7.99. The number of nitrogens with zero attached hydrogens (tertiary/aromatic N) is 2. The molecule has 2 aromatic heterocycles. The number of fused-ring (bicyclic) bond motifs is 1. The first-order valence-electron chi connectivity index (χ1n) is 6.80. The Morgan fingerprint density at radius 2 is 2.24 bits per heavy atom. The quantitative estimate of drug-likeness (QED) is 0.905. The van der Waals surface area contributed by atoms with Gasteiger partial charge in [-0.3, -0.25) is 9.20 Å². The van der Waals surface area contributed by atoms with Gasteiger partial charge in [-0.25, -0.2) is 4.98 Å². The molecular formula is C14H16ClN3O2S. The van der Waals surface area contributed by atoms with Gasteiger partial charge < -0.3 is 10.4 Å². The fourth-order valence-electron chi connectivity index (χ4n) is 2.43. The Morgan fingerprint density at radius 1 is 1.48 bits per heavy atom. The van der Waals surface area contributed by atoms with Crippen LogP contribution in [0.2, 0.25) is 5.15 Å². The van der Waals surface area contributed by atoms with Crippen molar-refractivity contribution in [1.82, 2.24) is 14.7 Å². The van der Waals surface area contributed by atoms with Gasteiger partial charge in [0.1, 0.15) is 5.65 Å². The number of hydrogen-bond acceptors (Lipinski definition) is 4. The highest BCUT2D eigenvalue weighted by Crippen LogP contribution is 2.26. The predicted molar refractivity (Wildman–Crippen MR) is 84.0 cm³/mol. The first-order chi connectivity index (χ1) is 10.1. The number of carbonyl (C=O) groups excluding carboxylic acids is 1. The fraction of sp³-hybridized carbons (Fsp3) is 0.429. The van der Waals surface area contributed by atoms with Crippen LogP contribution in [0.1, 0.15) is 23.3 Å². The van der Waals surface area contributed by atoms with Crippen molar-refractivity contribution in [2.75, 3.05) is 18.1 Å². The lowest BCUT2D eigenvalue weighted by molar-refractivity contribution is 0.0310. The van der Waals surface area contributed by atoms with E-state index < -0.39 is 5.60 Å². The number of imidazole rings is 1. The van der Waals surface area contributed by atoms with Gasteiger partial charge in [0.05, 0.1) is 5.60 Å². The van der Waals surface area contributed by atoms with Crippen molar-refractivity contribution in [2.45, 2.75) is 18.4 Å². The van der Waals surface area contributed by atoms with E-state index in [1.54, 1.807) is 16.7 Å². The number of carbonyl (C=O) groups is 1. The molecule has 0 unspecified atom stereocenters. The van der Waals surface area contributed by atoms with Crippen molar-refractivity contribution in [2.24, 2.45) is 0 Å². The summed E-state index contributed by atoms with van der Waals surface area (Å²) in [4.78, 5) is 16.5. The molecule has 0 spiro atoms. The van der Waals surface area contributed by atoms with Crippen molar-refractivity contribution < 1.29 is 9.90 Å². The van der Waals surface area contributed by atoms with Gasteiger partial charge in [0.2, 0.25) is 0 Å². The molecule has 2 N–H and O–H groups in total. The second kappa shape index (κ2) is 5.87. The van der Waals surface area contributed by atoms with E-state index in [9.17, 15) is 9.90 Å². The van der Waals surface area contributed by atoms with E-state index in [1.807, 2.05) is 23.9 Å². The summed E-state index contributed by atoms with van der Waals surface area (Å²) in [6.07, 6.45) is 3.13. The predicted octanol–water partition coefficient (Wildman–Crippen LogP) is 1.98. The van der Waals surface area contributed by atoms with E-state index in [2.05, 4.69) is 10.3 Å². The lowest BCUT2D eigenvalue weighted by Gasteiger charge is -2.31. The lowest BCUT2D eigenvalue weighted by atomic mass is 9.97. The fourth-order valence-corrected chi connectivity index (χ4v) is 3.94. The van der Waals surface area contributed by atoms with Gasteiger partial charge in [0.15, 0.2) is 10.8 Å². The molecule has 5 nitrogen and oxygen atoms in total. The molecule has 0 aromatic carbocycles. The standard InChI is InChI=1S/C14H16ClN3O2S/c15-12-11(18-6-2-1-3-10(18)17-12)13(19)16-9-14(20)4-7-21-8-5-14/h1-3,6,20H,4-5,7-9H2,(H,16,19). The number of pyridine rings is 1. The number of amides is 1. The number of hydrogen-bond donors (Lipinski definition) is 2. The van der Waals surface area contributed by atoms with Gasteiger partial charge in [-0.2, -0.15) is 11.8 Å². The molecule has 1 fully saturated rings. The smallest absolute Gasteiger partial charge is 0.271 e. The summed E-state index contributed by atoms with van der Waals surface area (Å²) in [6, 6.07) is 5.44. The Hall–Kier alpha value is -1.24. The summed E-state index contributed by atoms with van der Waals surface area (Å²) < 4.78 is 1.65. The van der Waals surface area contributed by atoms with E-state index in [0.29, 0.717) is 24.2 Å². The number of thioether (sulfide) groups is 1. The average molecular weight is 326 g/mol. The van der Waals surface area contributed by atoms with Crippen LogP contribution >= 0.6 is 23.4 Å². The van der Waals surface area contributed by atoms with Gasteiger partial charge in [-0.05, 0) is 36.5 Å². The zero-order valence-electron chi connectivity index (χ0n) is 11.4. The van der Waals surface area contributed by atoms with E-state index in [0.717, 1.165) is 11.5 Å². The van der Waals surface area contributed by atoms with Crippen LogP contribution in [0, 0.1) is 0 Å². The first-order valence-corrected chi connectivity index (χ1v) is 8.33. The van der Waals surface area contributed by atoms with Crippen molar-refractivity contribution in [3.8, 4) is 0 Å². The van der Waals surface area contributed by atoms with Crippen LogP contribution in [0.3, 0.4) is 0 Å². The zero-order valence-corrected chi connectivity index (χ0v) is 13.0. The first kappa shape index (κ1) is 14.7. The van der Waals surface area contributed by atoms with Crippen molar-refractivity contribution in [3.05, 3.63) is 35.2 Å². The summed E-state index contributed by atoms with van der Waals surface area (Å²) in [5, 5.41) is 13.4. The molecule has 0 saturated carbocycles.